The number of nitrogens with one attached hydrogen (secondary N) is 1. The maximum atomic E-state index is 12.9. The predicted octanol–water partition coefficient (Wildman–Crippen LogP) is 3.53. The number of hydrogen-bond donors (Lipinski definition) is 1. The highest BCUT2D eigenvalue weighted by Crippen LogP contribution is 2.32. The van der Waals surface area contributed by atoms with Gasteiger partial charge >= 0.3 is 6.09 Å². The van der Waals surface area contributed by atoms with Crippen molar-refractivity contribution < 1.29 is 18.7 Å². The molecular weight excluding hydrogens is 408 g/mol. The van der Waals surface area contributed by atoms with Crippen LogP contribution in [0, 0.1) is 5.92 Å². The van der Waals surface area contributed by atoms with E-state index < -0.39 is 5.60 Å². The van der Waals surface area contributed by atoms with E-state index >= 15 is 0 Å². The molecule has 0 spiro atoms. The first kappa shape index (κ1) is 24.4. The normalized spacial score (nSPS) is 18.0. The number of amides is 1. The number of guanidine groups is 1. The number of ether oxygens (including phenoxy) is 2. The van der Waals surface area contributed by atoms with Gasteiger partial charge in [0.15, 0.2) is 5.96 Å². The summed E-state index contributed by atoms with van der Waals surface area (Å²) in [5, 5.41) is 3.48. The highest BCUT2D eigenvalue weighted by atomic mass is 16.6. The number of nitrogens with zero attached hydrogens (tertiary/aromatic N) is 3. The molecule has 1 saturated carbocycles. The van der Waals surface area contributed by atoms with Gasteiger partial charge in [-0.25, -0.2) is 4.79 Å². The van der Waals surface area contributed by atoms with Gasteiger partial charge in [0.1, 0.15) is 11.4 Å². The van der Waals surface area contributed by atoms with Crippen molar-refractivity contribution in [2.45, 2.75) is 64.5 Å². The van der Waals surface area contributed by atoms with Crippen LogP contribution in [-0.2, 0) is 15.9 Å². The Labute approximate surface area is 192 Å². The van der Waals surface area contributed by atoms with Gasteiger partial charge in [0.25, 0.3) is 0 Å². The minimum absolute atomic E-state index is 0.173. The minimum atomic E-state index is -0.474. The fourth-order valence-corrected chi connectivity index (χ4v) is 3.92. The lowest BCUT2D eigenvalue weighted by atomic mass is 10.0. The molecule has 8 nitrogen and oxygen atoms in total. The Morgan fingerprint density at radius 1 is 1.28 bits per heavy atom. The Morgan fingerprint density at radius 2 is 2.03 bits per heavy atom. The number of likely N-dealkylation sites (tertiary alicyclic amines) is 1. The Balaban J connectivity index is 1.56. The summed E-state index contributed by atoms with van der Waals surface area (Å²) >= 11 is 0. The van der Waals surface area contributed by atoms with E-state index in [-0.39, 0.29) is 12.1 Å². The summed E-state index contributed by atoms with van der Waals surface area (Å²) in [4.78, 5) is 21.9. The molecule has 0 aromatic carbocycles. The average Bonchev–Trinajstić information content (AvgIpc) is 3.42. The maximum absolute atomic E-state index is 12.9. The van der Waals surface area contributed by atoms with Crippen LogP contribution < -0.4 is 5.32 Å². The molecule has 180 valence electrons. The fraction of sp³-hybridized carbons (Fsp3) is 0.750. The summed E-state index contributed by atoms with van der Waals surface area (Å²) in [7, 11) is 1.69. The Bertz CT molecular complexity index is 717. The van der Waals surface area contributed by atoms with E-state index in [1.165, 1.54) is 12.8 Å². The van der Waals surface area contributed by atoms with Crippen LogP contribution in [0.2, 0.25) is 0 Å². The SMILES string of the molecule is COCCN=C(NCCc1ccco1)N1CCC(N(CC2CC2)C(=O)OC(C)(C)C)CC1. The molecule has 0 unspecified atom stereocenters. The molecule has 1 aliphatic carbocycles. The van der Waals surface area contributed by atoms with Crippen molar-refractivity contribution in [3.05, 3.63) is 24.2 Å². The molecule has 2 aliphatic rings. The fourth-order valence-electron chi connectivity index (χ4n) is 3.92. The van der Waals surface area contributed by atoms with Gasteiger partial charge in [-0.2, -0.15) is 0 Å². The van der Waals surface area contributed by atoms with Crippen molar-refractivity contribution in [3.8, 4) is 0 Å². The molecule has 0 radical (unpaired) electrons. The zero-order chi connectivity index (χ0) is 23.0. The second kappa shape index (κ2) is 11.6. The lowest BCUT2D eigenvalue weighted by Crippen LogP contribution is -2.53. The van der Waals surface area contributed by atoms with Crippen LogP contribution >= 0.6 is 0 Å². The van der Waals surface area contributed by atoms with Crippen LogP contribution in [0.1, 0.15) is 52.2 Å². The lowest BCUT2D eigenvalue weighted by Gasteiger charge is -2.40. The van der Waals surface area contributed by atoms with Crippen LogP contribution in [0.5, 0.6) is 0 Å². The highest BCUT2D eigenvalue weighted by molar-refractivity contribution is 5.80. The third-order valence-electron chi connectivity index (χ3n) is 5.78. The van der Waals surface area contributed by atoms with Crippen LogP contribution in [0.25, 0.3) is 0 Å². The number of methoxy groups -OCH3 is 1. The second-order valence-electron chi connectivity index (χ2n) is 9.75. The molecular formula is C24H40N4O4. The smallest absolute Gasteiger partial charge is 0.410 e. The van der Waals surface area contributed by atoms with Gasteiger partial charge in [0, 0.05) is 45.8 Å². The zero-order valence-corrected chi connectivity index (χ0v) is 20.1. The van der Waals surface area contributed by atoms with Gasteiger partial charge in [0.2, 0.25) is 0 Å². The summed E-state index contributed by atoms with van der Waals surface area (Å²) in [6.07, 6.45) is 6.59. The highest BCUT2D eigenvalue weighted by Gasteiger charge is 2.35. The van der Waals surface area contributed by atoms with Gasteiger partial charge in [-0.3, -0.25) is 4.99 Å². The largest absolute Gasteiger partial charge is 0.469 e. The molecule has 0 bridgehead atoms. The summed E-state index contributed by atoms with van der Waals surface area (Å²) in [6.45, 7) is 10.3. The van der Waals surface area contributed by atoms with Crippen LogP contribution in [0.3, 0.4) is 0 Å². The molecule has 1 aromatic rings. The molecule has 32 heavy (non-hydrogen) atoms. The van der Waals surface area contributed by atoms with Crippen molar-refractivity contribution in [2.75, 3.05) is 46.4 Å². The molecule has 3 rings (SSSR count). The van der Waals surface area contributed by atoms with Crippen molar-refractivity contribution in [3.63, 3.8) is 0 Å². The summed E-state index contributed by atoms with van der Waals surface area (Å²) in [5.74, 6) is 2.49. The monoisotopic (exact) mass is 448 g/mol. The molecule has 1 saturated heterocycles. The molecule has 1 aromatic heterocycles. The van der Waals surface area contributed by atoms with Gasteiger partial charge in [-0.15, -0.1) is 0 Å². The Kier molecular flexibility index (Phi) is 8.84. The summed E-state index contributed by atoms with van der Waals surface area (Å²) in [5.41, 5.74) is -0.474. The summed E-state index contributed by atoms with van der Waals surface area (Å²) in [6, 6.07) is 4.11. The molecule has 2 fully saturated rings. The third-order valence-corrected chi connectivity index (χ3v) is 5.78. The van der Waals surface area contributed by atoms with Crippen molar-refractivity contribution in [1.29, 1.82) is 0 Å². The van der Waals surface area contributed by atoms with E-state index in [9.17, 15) is 4.79 Å². The van der Waals surface area contributed by atoms with Crippen LogP contribution in [0.15, 0.2) is 27.8 Å². The molecule has 2 heterocycles. The number of carbonyl (C=O) groups is 1. The standard InChI is InChI=1S/C24H40N4O4/c1-24(2,3)32-23(29)28(18-19-7-8-19)20-10-14-27(15-11-20)22(26-13-17-30-4)25-12-9-21-6-5-16-31-21/h5-6,16,19-20H,7-15,17-18H2,1-4H3,(H,25,26). The second-order valence-corrected chi connectivity index (χ2v) is 9.75. The number of hydrogen-bond acceptors (Lipinski definition) is 5. The van der Waals surface area contributed by atoms with E-state index in [4.69, 9.17) is 18.9 Å². The molecule has 8 heteroatoms. The molecule has 1 N–H and O–H groups in total. The number of aliphatic imine (C=N–C) groups is 1. The molecule has 1 aliphatic heterocycles. The van der Waals surface area contributed by atoms with E-state index in [1.807, 2.05) is 37.8 Å². The zero-order valence-electron chi connectivity index (χ0n) is 20.1. The first-order chi connectivity index (χ1) is 15.4. The lowest BCUT2D eigenvalue weighted by molar-refractivity contribution is 0.00928. The quantitative estimate of drug-likeness (QED) is 0.354. The Hall–Kier alpha value is -2.22. The minimum Gasteiger partial charge on any atom is -0.469 e. The van der Waals surface area contributed by atoms with Gasteiger partial charge in [0.05, 0.1) is 19.4 Å². The van der Waals surface area contributed by atoms with E-state index in [0.29, 0.717) is 19.1 Å². The van der Waals surface area contributed by atoms with E-state index in [1.54, 1.807) is 13.4 Å². The number of furan rings is 1. The number of piperidine rings is 1. The number of rotatable bonds is 9. The number of carbonyl (C=O) groups excluding carboxylic acids is 1. The van der Waals surface area contributed by atoms with Crippen molar-refractivity contribution >= 4 is 12.1 Å². The third kappa shape index (κ3) is 8.04. The Morgan fingerprint density at radius 3 is 2.62 bits per heavy atom. The molecule has 1 amide bonds. The summed E-state index contributed by atoms with van der Waals surface area (Å²) < 4.78 is 16.3. The first-order valence-corrected chi connectivity index (χ1v) is 11.9. The topological polar surface area (TPSA) is 79.5 Å². The molecule has 0 atom stereocenters. The van der Waals surface area contributed by atoms with E-state index in [2.05, 4.69) is 10.2 Å². The van der Waals surface area contributed by atoms with Gasteiger partial charge in [-0.1, -0.05) is 0 Å². The van der Waals surface area contributed by atoms with E-state index in [0.717, 1.165) is 57.2 Å². The van der Waals surface area contributed by atoms with Crippen LogP contribution in [-0.4, -0.2) is 79.9 Å². The maximum Gasteiger partial charge on any atom is 0.410 e. The predicted molar refractivity (Wildman–Crippen MR) is 125 cm³/mol. The van der Waals surface area contributed by atoms with Gasteiger partial charge < -0.3 is 29.0 Å². The average molecular weight is 449 g/mol. The van der Waals surface area contributed by atoms with Gasteiger partial charge in [-0.05, 0) is 64.5 Å². The van der Waals surface area contributed by atoms with Crippen molar-refractivity contribution in [1.82, 2.24) is 15.1 Å². The van der Waals surface area contributed by atoms with Crippen molar-refractivity contribution in [2.24, 2.45) is 10.9 Å². The van der Waals surface area contributed by atoms with Crippen LogP contribution in [0.4, 0.5) is 4.79 Å². The first-order valence-electron chi connectivity index (χ1n) is 11.9.